The number of halogens is 1. The molecule has 1 aromatic rings. The second-order valence-electron chi connectivity index (χ2n) is 4.48. The predicted octanol–water partition coefficient (Wildman–Crippen LogP) is 2.82. The SMILES string of the molecule is COc1cc(Br)cc(CC(C)(C)C(=O)O)c1O. The van der Waals surface area contributed by atoms with E-state index >= 15 is 0 Å². The van der Waals surface area contributed by atoms with Gasteiger partial charge in [0, 0.05) is 4.47 Å². The van der Waals surface area contributed by atoms with E-state index < -0.39 is 11.4 Å². The van der Waals surface area contributed by atoms with Crippen LogP contribution in [0, 0.1) is 5.41 Å². The molecule has 2 N–H and O–H groups in total. The van der Waals surface area contributed by atoms with E-state index in [0.717, 1.165) is 4.47 Å². The first-order valence-corrected chi connectivity index (χ1v) is 5.86. The first kappa shape index (κ1) is 13.8. The van der Waals surface area contributed by atoms with Crippen molar-refractivity contribution in [2.24, 2.45) is 5.41 Å². The molecular formula is C12H15BrO4. The van der Waals surface area contributed by atoms with Crippen LogP contribution in [0.5, 0.6) is 11.5 Å². The van der Waals surface area contributed by atoms with Gasteiger partial charge in [0.25, 0.3) is 0 Å². The highest BCUT2D eigenvalue weighted by Crippen LogP contribution is 2.37. The predicted molar refractivity (Wildman–Crippen MR) is 67.5 cm³/mol. The van der Waals surface area contributed by atoms with Gasteiger partial charge in [-0.2, -0.15) is 0 Å². The van der Waals surface area contributed by atoms with Gasteiger partial charge >= 0.3 is 5.97 Å². The van der Waals surface area contributed by atoms with Crippen LogP contribution in [0.2, 0.25) is 0 Å². The molecule has 0 bridgehead atoms. The topological polar surface area (TPSA) is 66.8 Å². The van der Waals surface area contributed by atoms with Gasteiger partial charge in [-0.1, -0.05) is 15.9 Å². The number of rotatable bonds is 4. The van der Waals surface area contributed by atoms with Gasteiger partial charge in [-0.25, -0.2) is 0 Å². The minimum absolute atomic E-state index is 0.00924. The molecule has 0 saturated heterocycles. The van der Waals surface area contributed by atoms with Crippen LogP contribution < -0.4 is 4.74 Å². The van der Waals surface area contributed by atoms with Crippen LogP contribution in [0.1, 0.15) is 19.4 Å². The Kier molecular flexibility index (Phi) is 4.03. The quantitative estimate of drug-likeness (QED) is 0.897. The number of phenolic OH excluding ortho intramolecular Hbond substituents is 1. The Balaban J connectivity index is 3.15. The molecule has 0 aliphatic rings. The van der Waals surface area contributed by atoms with Crippen LogP contribution in [0.3, 0.4) is 0 Å². The summed E-state index contributed by atoms with van der Waals surface area (Å²) in [5.41, 5.74) is -0.396. The molecule has 0 aliphatic carbocycles. The van der Waals surface area contributed by atoms with Crippen molar-refractivity contribution in [1.82, 2.24) is 0 Å². The molecule has 4 nitrogen and oxygen atoms in total. The van der Waals surface area contributed by atoms with Crippen molar-refractivity contribution in [1.29, 1.82) is 0 Å². The van der Waals surface area contributed by atoms with Crippen molar-refractivity contribution >= 4 is 21.9 Å². The first-order valence-electron chi connectivity index (χ1n) is 5.06. The number of carboxylic acids is 1. The third kappa shape index (κ3) is 3.12. The molecule has 0 radical (unpaired) electrons. The number of hydrogen-bond acceptors (Lipinski definition) is 3. The van der Waals surface area contributed by atoms with E-state index in [2.05, 4.69) is 15.9 Å². The molecule has 0 saturated carbocycles. The fraction of sp³-hybridized carbons (Fsp3) is 0.417. The molecule has 0 fully saturated rings. The Hall–Kier alpha value is -1.23. The van der Waals surface area contributed by atoms with Gasteiger partial charge in [0.1, 0.15) is 0 Å². The molecular weight excluding hydrogens is 288 g/mol. The maximum Gasteiger partial charge on any atom is 0.309 e. The van der Waals surface area contributed by atoms with E-state index in [4.69, 9.17) is 9.84 Å². The highest BCUT2D eigenvalue weighted by molar-refractivity contribution is 9.10. The van der Waals surface area contributed by atoms with Crippen LogP contribution in [0.25, 0.3) is 0 Å². The minimum atomic E-state index is -0.941. The summed E-state index contributed by atoms with van der Waals surface area (Å²) in [5.74, 6) is -0.587. The fourth-order valence-corrected chi connectivity index (χ4v) is 1.95. The number of ether oxygens (including phenoxy) is 1. The minimum Gasteiger partial charge on any atom is -0.504 e. The largest absolute Gasteiger partial charge is 0.504 e. The van der Waals surface area contributed by atoms with Crippen molar-refractivity contribution < 1.29 is 19.7 Å². The molecule has 0 unspecified atom stereocenters. The van der Waals surface area contributed by atoms with Gasteiger partial charge in [-0.3, -0.25) is 4.79 Å². The number of hydrogen-bond donors (Lipinski definition) is 2. The smallest absolute Gasteiger partial charge is 0.309 e. The molecule has 17 heavy (non-hydrogen) atoms. The molecule has 94 valence electrons. The number of benzene rings is 1. The van der Waals surface area contributed by atoms with Gasteiger partial charge in [-0.05, 0) is 38.0 Å². The zero-order valence-electron chi connectivity index (χ0n) is 9.95. The summed E-state index contributed by atoms with van der Waals surface area (Å²) >= 11 is 3.29. The van der Waals surface area contributed by atoms with E-state index in [1.54, 1.807) is 26.0 Å². The molecule has 0 aliphatic heterocycles. The van der Waals surface area contributed by atoms with Crippen LogP contribution in [-0.2, 0) is 11.2 Å². The molecule has 0 amide bonds. The molecule has 0 atom stereocenters. The highest BCUT2D eigenvalue weighted by Gasteiger charge is 2.29. The standard InChI is InChI=1S/C12H15BrO4/c1-12(2,11(15)16)6-7-4-8(13)5-9(17-3)10(7)14/h4-5,14H,6H2,1-3H3,(H,15,16). The van der Waals surface area contributed by atoms with Crippen LogP contribution in [0.15, 0.2) is 16.6 Å². The molecule has 1 aromatic carbocycles. The monoisotopic (exact) mass is 302 g/mol. The number of carboxylic acid groups (broad SMARTS) is 1. The molecule has 0 heterocycles. The van der Waals surface area contributed by atoms with Gasteiger partial charge in [0.2, 0.25) is 0 Å². The summed E-state index contributed by atoms with van der Waals surface area (Å²) in [6, 6.07) is 3.33. The van der Waals surface area contributed by atoms with E-state index in [1.165, 1.54) is 7.11 Å². The van der Waals surface area contributed by atoms with Gasteiger partial charge in [0.05, 0.1) is 12.5 Å². The summed E-state index contributed by atoms with van der Waals surface area (Å²) in [4.78, 5) is 11.1. The second kappa shape index (κ2) is 4.96. The average Bonchev–Trinajstić information content (AvgIpc) is 2.22. The third-order valence-electron chi connectivity index (χ3n) is 2.55. The van der Waals surface area contributed by atoms with Crippen molar-refractivity contribution in [3.63, 3.8) is 0 Å². The lowest BCUT2D eigenvalue weighted by Crippen LogP contribution is -2.26. The summed E-state index contributed by atoms with van der Waals surface area (Å²) in [5, 5.41) is 19.0. The fourth-order valence-electron chi connectivity index (χ4n) is 1.47. The zero-order chi connectivity index (χ0) is 13.2. The zero-order valence-corrected chi connectivity index (χ0v) is 11.5. The van der Waals surface area contributed by atoms with Crippen LogP contribution in [0.4, 0.5) is 0 Å². The maximum atomic E-state index is 11.1. The second-order valence-corrected chi connectivity index (χ2v) is 5.40. The maximum absolute atomic E-state index is 11.1. The number of aromatic hydroxyl groups is 1. The van der Waals surface area contributed by atoms with E-state index in [1.807, 2.05) is 0 Å². The number of aliphatic carboxylic acids is 1. The normalized spacial score (nSPS) is 11.3. The summed E-state index contributed by atoms with van der Waals surface area (Å²) in [7, 11) is 1.45. The summed E-state index contributed by atoms with van der Waals surface area (Å²) < 4.78 is 5.75. The Morgan fingerprint density at radius 2 is 2.06 bits per heavy atom. The van der Waals surface area contributed by atoms with E-state index in [-0.39, 0.29) is 12.2 Å². The summed E-state index contributed by atoms with van der Waals surface area (Å²) in [6.07, 6.45) is 0.226. The van der Waals surface area contributed by atoms with E-state index in [9.17, 15) is 9.90 Å². The number of methoxy groups -OCH3 is 1. The number of phenols is 1. The van der Waals surface area contributed by atoms with Gasteiger partial charge in [0.15, 0.2) is 11.5 Å². The van der Waals surface area contributed by atoms with Crippen molar-refractivity contribution in [2.45, 2.75) is 20.3 Å². The molecule has 1 rings (SSSR count). The lowest BCUT2D eigenvalue weighted by atomic mass is 9.85. The molecule has 0 aromatic heterocycles. The highest BCUT2D eigenvalue weighted by atomic mass is 79.9. The lowest BCUT2D eigenvalue weighted by molar-refractivity contribution is -0.146. The van der Waals surface area contributed by atoms with Gasteiger partial charge in [-0.15, -0.1) is 0 Å². The Morgan fingerprint density at radius 1 is 1.47 bits per heavy atom. The van der Waals surface area contributed by atoms with E-state index in [0.29, 0.717) is 11.3 Å². The number of carbonyl (C=O) groups is 1. The Labute approximate surface area is 108 Å². The van der Waals surface area contributed by atoms with Crippen molar-refractivity contribution in [2.75, 3.05) is 7.11 Å². The van der Waals surface area contributed by atoms with Crippen molar-refractivity contribution in [3.05, 3.63) is 22.2 Å². The Bertz CT molecular complexity index is 440. The van der Waals surface area contributed by atoms with Crippen LogP contribution >= 0.6 is 15.9 Å². The van der Waals surface area contributed by atoms with Gasteiger partial charge < -0.3 is 14.9 Å². The molecule has 5 heteroatoms. The molecule has 0 spiro atoms. The van der Waals surface area contributed by atoms with Crippen molar-refractivity contribution in [3.8, 4) is 11.5 Å². The Morgan fingerprint density at radius 3 is 2.53 bits per heavy atom. The third-order valence-corrected chi connectivity index (χ3v) is 3.01. The summed E-state index contributed by atoms with van der Waals surface area (Å²) in [6.45, 7) is 3.23. The average molecular weight is 303 g/mol. The lowest BCUT2D eigenvalue weighted by Gasteiger charge is -2.20. The first-order chi connectivity index (χ1) is 7.77. The van der Waals surface area contributed by atoms with Crippen LogP contribution in [-0.4, -0.2) is 23.3 Å².